The monoisotopic (exact) mass is 420 g/mol. The molecule has 8 nitrogen and oxygen atoms in total. The fourth-order valence-corrected chi connectivity index (χ4v) is 3.41. The van der Waals surface area contributed by atoms with Crippen LogP contribution in [0.4, 0.5) is 17.3 Å². The molecule has 1 aliphatic heterocycles. The number of aromatic nitrogens is 1. The van der Waals surface area contributed by atoms with Gasteiger partial charge in [0.2, 0.25) is 11.8 Å². The average Bonchev–Trinajstić information content (AvgIpc) is 2.80. The van der Waals surface area contributed by atoms with Gasteiger partial charge < -0.3 is 20.9 Å². The van der Waals surface area contributed by atoms with Gasteiger partial charge in [-0.3, -0.25) is 14.6 Å². The predicted octanol–water partition coefficient (Wildman–Crippen LogP) is 3.47. The fourth-order valence-electron chi connectivity index (χ4n) is 3.41. The number of benzene rings is 1. The van der Waals surface area contributed by atoms with Gasteiger partial charge in [0.05, 0.1) is 17.4 Å². The lowest BCUT2D eigenvalue weighted by Gasteiger charge is -2.39. The number of hydrogen-bond donors (Lipinski definition) is 3. The molecule has 162 valence electrons. The Balaban J connectivity index is 2.08. The number of carbonyl (C=O) groups excluding carboxylic acids is 2. The number of nitrogens with one attached hydrogen (secondary N) is 3. The lowest BCUT2D eigenvalue weighted by Crippen LogP contribution is -2.39. The first kappa shape index (κ1) is 22.0. The summed E-state index contributed by atoms with van der Waals surface area (Å²) in [5, 5.41) is 8.62. The summed E-state index contributed by atoms with van der Waals surface area (Å²) in [4.78, 5) is 34.8. The molecular formula is C23H28N6O2. The van der Waals surface area contributed by atoms with Crippen LogP contribution in [0.1, 0.15) is 38.3 Å². The van der Waals surface area contributed by atoms with E-state index in [2.05, 4.69) is 46.6 Å². The molecule has 1 aromatic carbocycles. The molecule has 31 heavy (non-hydrogen) atoms. The number of nitrogens with zero attached hydrogens (tertiary/aromatic N) is 3. The van der Waals surface area contributed by atoms with Gasteiger partial charge >= 0.3 is 0 Å². The minimum atomic E-state index is -0.190. The number of anilines is 3. The number of amidine groups is 1. The van der Waals surface area contributed by atoms with E-state index in [0.29, 0.717) is 29.6 Å². The van der Waals surface area contributed by atoms with Crippen molar-refractivity contribution in [3.8, 4) is 0 Å². The molecule has 0 saturated carbocycles. The van der Waals surface area contributed by atoms with E-state index in [1.807, 2.05) is 29.2 Å². The minimum absolute atomic E-state index is 0.0127. The van der Waals surface area contributed by atoms with Gasteiger partial charge in [0.1, 0.15) is 18.2 Å². The smallest absolute Gasteiger partial charge is 0.241 e. The average molecular weight is 421 g/mol. The number of hydrogen-bond acceptors (Lipinski definition) is 5. The van der Waals surface area contributed by atoms with Crippen LogP contribution < -0.4 is 20.9 Å². The third-order valence-corrected chi connectivity index (χ3v) is 5.05. The molecule has 0 saturated heterocycles. The van der Waals surface area contributed by atoms with Crippen LogP contribution in [0.5, 0.6) is 0 Å². The van der Waals surface area contributed by atoms with Gasteiger partial charge in [-0.1, -0.05) is 50.8 Å². The Labute approximate surface area is 182 Å². The summed E-state index contributed by atoms with van der Waals surface area (Å²) < 4.78 is 0. The molecule has 0 fully saturated rings. The van der Waals surface area contributed by atoms with E-state index in [4.69, 9.17) is 4.98 Å². The number of aliphatic imine (C=N–C) groups is 1. The van der Waals surface area contributed by atoms with Gasteiger partial charge in [-0.05, 0) is 24.1 Å². The molecule has 0 bridgehead atoms. The highest BCUT2D eigenvalue weighted by molar-refractivity contribution is 6.15. The molecule has 3 N–H and O–H groups in total. The van der Waals surface area contributed by atoms with Crippen molar-refractivity contribution in [2.75, 3.05) is 29.1 Å². The van der Waals surface area contributed by atoms with Crippen molar-refractivity contribution in [1.82, 2.24) is 10.3 Å². The maximum Gasteiger partial charge on any atom is 0.241 e. The molecule has 1 unspecified atom stereocenters. The highest BCUT2D eigenvalue weighted by Crippen LogP contribution is 2.40. The first-order valence-corrected chi connectivity index (χ1v) is 10.3. The van der Waals surface area contributed by atoms with Gasteiger partial charge in [-0.25, -0.2) is 4.98 Å². The molecule has 1 aliphatic rings. The zero-order valence-electron chi connectivity index (χ0n) is 18.1. The van der Waals surface area contributed by atoms with Crippen LogP contribution in [0, 0.1) is 0 Å². The Morgan fingerprint density at radius 2 is 1.90 bits per heavy atom. The molecule has 0 spiro atoms. The Bertz CT molecular complexity index is 1000. The summed E-state index contributed by atoms with van der Waals surface area (Å²) in [7, 11) is 1.58. The van der Waals surface area contributed by atoms with Gasteiger partial charge in [0, 0.05) is 13.5 Å². The number of carbonyl (C=O) groups is 2. The standard InChI is InChI=1S/C23H28N6O2/c1-5-18(16-10-8-7-9-11-16)29-15(3)22(25-14-21(31)24-4)26-17-12-13-19(28-23(17)29)27-20(30)6-2/h7-13,18H,3,5-6,14H2,1-2,4H3,(H,24,31)(H,25,26)(H,27,28,30). The quantitative estimate of drug-likeness (QED) is 0.637. The van der Waals surface area contributed by atoms with E-state index in [1.54, 1.807) is 20.0 Å². The summed E-state index contributed by atoms with van der Waals surface area (Å²) >= 11 is 0. The minimum Gasteiger partial charge on any atom is -0.358 e. The van der Waals surface area contributed by atoms with Crippen molar-refractivity contribution in [1.29, 1.82) is 0 Å². The summed E-state index contributed by atoms with van der Waals surface area (Å²) in [6.45, 7) is 8.13. The Kier molecular flexibility index (Phi) is 7.02. The second-order valence-corrected chi connectivity index (χ2v) is 7.08. The molecule has 0 aliphatic carbocycles. The van der Waals surface area contributed by atoms with Crippen molar-refractivity contribution >= 4 is 35.0 Å². The molecule has 1 atom stereocenters. The van der Waals surface area contributed by atoms with Crippen molar-refractivity contribution in [3.63, 3.8) is 0 Å². The third-order valence-electron chi connectivity index (χ3n) is 5.05. The number of pyridine rings is 1. The SMILES string of the molecule is C=C1C(=NCC(=O)NC)Nc2ccc(NC(=O)CC)nc2N1C(CC)c1ccccc1. The zero-order valence-corrected chi connectivity index (χ0v) is 18.1. The van der Waals surface area contributed by atoms with Crippen LogP contribution in [0.2, 0.25) is 0 Å². The van der Waals surface area contributed by atoms with Crippen LogP contribution in [-0.4, -0.2) is 36.2 Å². The normalized spacial score (nSPS) is 15.1. The van der Waals surface area contributed by atoms with Crippen LogP contribution in [-0.2, 0) is 9.59 Å². The number of amides is 2. The number of rotatable bonds is 7. The van der Waals surface area contributed by atoms with E-state index >= 15 is 0 Å². The molecule has 3 rings (SSSR count). The van der Waals surface area contributed by atoms with Crippen LogP contribution in [0.3, 0.4) is 0 Å². The lowest BCUT2D eigenvalue weighted by atomic mass is 10.0. The van der Waals surface area contributed by atoms with Crippen LogP contribution in [0.25, 0.3) is 0 Å². The van der Waals surface area contributed by atoms with Gasteiger partial charge in [0.25, 0.3) is 0 Å². The Morgan fingerprint density at radius 3 is 2.55 bits per heavy atom. The topological polar surface area (TPSA) is 98.7 Å². The molecule has 2 amide bonds. The summed E-state index contributed by atoms with van der Waals surface area (Å²) in [6.07, 6.45) is 1.16. The highest BCUT2D eigenvalue weighted by atomic mass is 16.2. The van der Waals surface area contributed by atoms with E-state index in [0.717, 1.165) is 17.7 Å². The van der Waals surface area contributed by atoms with E-state index in [-0.39, 0.29) is 24.4 Å². The second kappa shape index (κ2) is 9.88. The lowest BCUT2D eigenvalue weighted by molar-refractivity contribution is -0.119. The maximum absolute atomic E-state index is 11.9. The van der Waals surface area contributed by atoms with Gasteiger partial charge in [-0.15, -0.1) is 0 Å². The summed E-state index contributed by atoms with van der Waals surface area (Å²) in [5.74, 6) is 1.33. The van der Waals surface area contributed by atoms with Gasteiger partial charge in [0.15, 0.2) is 5.82 Å². The molecule has 1 aromatic heterocycles. The first-order chi connectivity index (χ1) is 15.0. The maximum atomic E-state index is 11.9. The Hall–Kier alpha value is -3.68. The highest BCUT2D eigenvalue weighted by Gasteiger charge is 2.32. The van der Waals surface area contributed by atoms with Crippen molar-refractivity contribution in [2.24, 2.45) is 4.99 Å². The molecule has 2 aromatic rings. The Morgan fingerprint density at radius 1 is 1.16 bits per heavy atom. The van der Waals surface area contributed by atoms with Crippen molar-refractivity contribution < 1.29 is 9.59 Å². The van der Waals surface area contributed by atoms with E-state index in [9.17, 15) is 9.59 Å². The predicted molar refractivity (Wildman–Crippen MR) is 124 cm³/mol. The van der Waals surface area contributed by atoms with E-state index < -0.39 is 0 Å². The fraction of sp³-hybridized carbons (Fsp3) is 0.304. The largest absolute Gasteiger partial charge is 0.358 e. The summed E-state index contributed by atoms with van der Waals surface area (Å²) in [6, 6.07) is 13.6. The summed E-state index contributed by atoms with van der Waals surface area (Å²) in [5.41, 5.74) is 2.44. The first-order valence-electron chi connectivity index (χ1n) is 10.3. The zero-order chi connectivity index (χ0) is 22.4. The van der Waals surface area contributed by atoms with Crippen LogP contribution in [0.15, 0.2) is 59.7 Å². The second-order valence-electron chi connectivity index (χ2n) is 7.08. The van der Waals surface area contributed by atoms with Crippen molar-refractivity contribution in [2.45, 2.75) is 32.7 Å². The third kappa shape index (κ3) is 4.91. The van der Waals surface area contributed by atoms with Crippen molar-refractivity contribution in [3.05, 3.63) is 60.3 Å². The number of likely N-dealkylation sites (N-methyl/N-ethyl adjacent to an activating group) is 1. The van der Waals surface area contributed by atoms with Gasteiger partial charge in [-0.2, -0.15) is 0 Å². The van der Waals surface area contributed by atoms with Crippen LogP contribution >= 0.6 is 0 Å². The number of fused-ring (bicyclic) bond motifs is 1. The molecular weight excluding hydrogens is 392 g/mol. The molecule has 8 heteroatoms. The molecule has 0 radical (unpaired) electrons. The molecule has 2 heterocycles. The van der Waals surface area contributed by atoms with E-state index in [1.165, 1.54) is 0 Å².